The molecule has 0 saturated carbocycles. The molecule has 1 saturated heterocycles. The number of hydrogen-bond donors (Lipinski definition) is 0. The first-order valence-electron chi connectivity index (χ1n) is 7.66. The van der Waals surface area contributed by atoms with Crippen LogP contribution in [0.1, 0.15) is 33.6 Å². The number of carbonyl (C=O) groups is 1. The Bertz CT molecular complexity index is 313. The molecule has 1 atom stereocenters. The van der Waals surface area contributed by atoms with E-state index in [2.05, 4.69) is 33.9 Å². The predicted molar refractivity (Wildman–Crippen MR) is 96.6 cm³/mol. The van der Waals surface area contributed by atoms with Crippen molar-refractivity contribution in [2.75, 3.05) is 24.9 Å². The van der Waals surface area contributed by atoms with E-state index in [-0.39, 0.29) is 11.0 Å². The van der Waals surface area contributed by atoms with E-state index in [1.807, 2.05) is 23.5 Å². The van der Waals surface area contributed by atoms with E-state index in [1.54, 1.807) is 0 Å². The third-order valence-corrected chi connectivity index (χ3v) is 11.7. The molecule has 1 aliphatic heterocycles. The average Bonchev–Trinajstić information content (AvgIpc) is 2.42. The van der Waals surface area contributed by atoms with Gasteiger partial charge < -0.3 is 14.0 Å². The van der Waals surface area contributed by atoms with Crippen LogP contribution in [0, 0.1) is 5.92 Å². The topological polar surface area (TPSA) is 35.5 Å². The number of carbonyl (C=O) groups excluding carboxylic acids is 1. The van der Waals surface area contributed by atoms with Crippen molar-refractivity contribution in [3.63, 3.8) is 0 Å². The third-order valence-electron chi connectivity index (χ3n) is 4.23. The molecule has 0 amide bonds. The van der Waals surface area contributed by atoms with E-state index < -0.39 is 8.32 Å². The van der Waals surface area contributed by atoms with E-state index >= 15 is 0 Å². The van der Waals surface area contributed by atoms with Crippen LogP contribution in [-0.2, 0) is 14.0 Å². The standard InChI is InChI=1S/C15H30O3S2Si/c1-15(2,3)21(4,5)18-12-17-11-13(10-16)9-14-19-7-6-8-20-14/h10,13-14H,6-9,11-12H2,1-5H3/t13-/m0/s1. The highest BCUT2D eigenvalue weighted by atomic mass is 32.2. The molecule has 3 nitrogen and oxygen atoms in total. The molecule has 0 N–H and O–H groups in total. The fourth-order valence-corrected chi connectivity index (χ4v) is 5.56. The Kier molecular flexibility index (Phi) is 8.35. The van der Waals surface area contributed by atoms with Crippen molar-refractivity contribution in [2.45, 2.75) is 56.3 Å². The van der Waals surface area contributed by atoms with Gasteiger partial charge in [-0.15, -0.1) is 23.5 Å². The summed E-state index contributed by atoms with van der Waals surface area (Å²) in [5.74, 6) is 2.44. The van der Waals surface area contributed by atoms with Gasteiger partial charge in [-0.2, -0.15) is 0 Å². The number of aldehydes is 1. The molecule has 1 heterocycles. The molecule has 0 unspecified atom stereocenters. The van der Waals surface area contributed by atoms with E-state index in [4.69, 9.17) is 9.16 Å². The van der Waals surface area contributed by atoms with Gasteiger partial charge in [0, 0.05) is 5.92 Å². The Morgan fingerprint density at radius 1 is 1.29 bits per heavy atom. The molecule has 1 fully saturated rings. The highest BCUT2D eigenvalue weighted by Gasteiger charge is 2.37. The van der Waals surface area contributed by atoms with Crippen LogP contribution in [0.3, 0.4) is 0 Å². The number of hydrogen-bond acceptors (Lipinski definition) is 5. The maximum atomic E-state index is 11.2. The summed E-state index contributed by atoms with van der Waals surface area (Å²) in [6.07, 6.45) is 3.25. The zero-order chi connectivity index (χ0) is 15.9. The lowest BCUT2D eigenvalue weighted by atomic mass is 10.1. The fourth-order valence-electron chi connectivity index (χ4n) is 1.69. The first-order chi connectivity index (χ1) is 9.76. The van der Waals surface area contributed by atoms with Gasteiger partial charge in [0.05, 0.1) is 11.2 Å². The number of ether oxygens (including phenoxy) is 1. The second-order valence-corrected chi connectivity index (χ2v) is 14.8. The summed E-state index contributed by atoms with van der Waals surface area (Å²) in [5, 5.41) is 0.190. The summed E-state index contributed by atoms with van der Waals surface area (Å²) in [6.45, 7) is 11.9. The highest BCUT2D eigenvalue weighted by molar-refractivity contribution is 8.17. The van der Waals surface area contributed by atoms with Crippen molar-refractivity contribution in [1.29, 1.82) is 0 Å². The quantitative estimate of drug-likeness (QED) is 0.281. The van der Waals surface area contributed by atoms with Gasteiger partial charge in [0.2, 0.25) is 0 Å². The zero-order valence-electron chi connectivity index (χ0n) is 14.0. The first-order valence-corrected chi connectivity index (χ1v) is 12.7. The molecule has 0 spiro atoms. The van der Waals surface area contributed by atoms with Crippen LogP contribution in [0.2, 0.25) is 18.1 Å². The monoisotopic (exact) mass is 350 g/mol. The van der Waals surface area contributed by atoms with Crippen LogP contribution in [0.4, 0.5) is 0 Å². The first kappa shape index (κ1) is 19.6. The van der Waals surface area contributed by atoms with E-state index in [0.29, 0.717) is 18.0 Å². The number of thioether (sulfide) groups is 2. The van der Waals surface area contributed by atoms with Crippen LogP contribution in [-0.4, -0.2) is 44.1 Å². The number of rotatable bonds is 8. The Morgan fingerprint density at radius 2 is 1.90 bits per heavy atom. The Hall–Kier alpha value is 0.507. The minimum atomic E-state index is -1.75. The molecule has 1 rings (SSSR count). The fraction of sp³-hybridized carbons (Fsp3) is 0.933. The molecule has 0 aromatic rings. The lowest BCUT2D eigenvalue weighted by Crippen LogP contribution is -2.41. The molecule has 1 aliphatic rings. The predicted octanol–water partition coefficient (Wildman–Crippen LogP) is 4.38. The van der Waals surface area contributed by atoms with Gasteiger partial charge >= 0.3 is 0 Å². The smallest absolute Gasteiger partial charge is 0.195 e. The van der Waals surface area contributed by atoms with Gasteiger partial charge in [0.25, 0.3) is 0 Å². The minimum Gasteiger partial charge on any atom is -0.395 e. The lowest BCUT2D eigenvalue weighted by Gasteiger charge is -2.36. The van der Waals surface area contributed by atoms with Gasteiger partial charge in [-0.05, 0) is 42.5 Å². The summed E-state index contributed by atoms with van der Waals surface area (Å²) in [7, 11) is -1.75. The summed E-state index contributed by atoms with van der Waals surface area (Å²) in [4.78, 5) is 11.2. The van der Waals surface area contributed by atoms with Gasteiger partial charge in [0.1, 0.15) is 13.1 Å². The van der Waals surface area contributed by atoms with E-state index in [1.165, 1.54) is 17.9 Å². The zero-order valence-corrected chi connectivity index (χ0v) is 16.6. The normalized spacial score (nSPS) is 19.5. The van der Waals surface area contributed by atoms with Gasteiger partial charge in [-0.25, -0.2) is 0 Å². The highest BCUT2D eigenvalue weighted by Crippen LogP contribution is 2.37. The van der Waals surface area contributed by atoms with Crippen LogP contribution >= 0.6 is 23.5 Å². The van der Waals surface area contributed by atoms with Crippen molar-refractivity contribution in [3.8, 4) is 0 Å². The molecule has 0 bridgehead atoms. The summed E-state index contributed by atoms with van der Waals surface area (Å²) in [6, 6.07) is 0. The van der Waals surface area contributed by atoms with Crippen LogP contribution < -0.4 is 0 Å². The van der Waals surface area contributed by atoms with Gasteiger partial charge in [0.15, 0.2) is 8.32 Å². The van der Waals surface area contributed by atoms with Crippen molar-refractivity contribution in [1.82, 2.24) is 0 Å². The molecule has 0 aliphatic carbocycles. The molecule has 0 radical (unpaired) electrons. The van der Waals surface area contributed by atoms with E-state index in [9.17, 15) is 4.79 Å². The van der Waals surface area contributed by atoms with Crippen molar-refractivity contribution in [3.05, 3.63) is 0 Å². The third kappa shape index (κ3) is 7.08. The van der Waals surface area contributed by atoms with Crippen molar-refractivity contribution >= 4 is 38.1 Å². The average molecular weight is 351 g/mol. The molecule has 0 aromatic heterocycles. The largest absolute Gasteiger partial charge is 0.395 e. The van der Waals surface area contributed by atoms with Crippen molar-refractivity contribution < 1.29 is 14.0 Å². The molecule has 21 heavy (non-hydrogen) atoms. The van der Waals surface area contributed by atoms with Crippen LogP contribution in [0.5, 0.6) is 0 Å². The Morgan fingerprint density at radius 3 is 2.43 bits per heavy atom. The van der Waals surface area contributed by atoms with Crippen LogP contribution in [0.15, 0.2) is 0 Å². The Labute approximate surface area is 139 Å². The summed E-state index contributed by atoms with van der Waals surface area (Å²) < 4.78 is 12.1. The van der Waals surface area contributed by atoms with Gasteiger partial charge in [-0.3, -0.25) is 0 Å². The molecule has 6 heteroatoms. The molecule has 0 aromatic carbocycles. The Balaban J connectivity index is 2.24. The second kappa shape index (κ2) is 8.96. The summed E-state index contributed by atoms with van der Waals surface area (Å²) in [5.41, 5.74) is 0. The van der Waals surface area contributed by atoms with Crippen LogP contribution in [0.25, 0.3) is 0 Å². The lowest BCUT2D eigenvalue weighted by molar-refractivity contribution is -0.114. The molecule has 124 valence electrons. The maximum absolute atomic E-state index is 11.2. The SMILES string of the molecule is CC(C)(C)[Si](C)(C)OCOC[C@H](C=O)CC1SCCCS1. The van der Waals surface area contributed by atoms with Gasteiger partial charge in [-0.1, -0.05) is 20.8 Å². The summed E-state index contributed by atoms with van der Waals surface area (Å²) >= 11 is 3.96. The molecular weight excluding hydrogens is 320 g/mol. The minimum absolute atomic E-state index is 0.00360. The second-order valence-electron chi connectivity index (χ2n) is 7.05. The van der Waals surface area contributed by atoms with E-state index in [0.717, 1.165) is 12.7 Å². The molecular formula is C15H30O3S2Si. The maximum Gasteiger partial charge on any atom is 0.195 e. The van der Waals surface area contributed by atoms with Crippen molar-refractivity contribution in [2.24, 2.45) is 5.92 Å².